The van der Waals surface area contributed by atoms with E-state index >= 15 is 0 Å². The van der Waals surface area contributed by atoms with E-state index in [0.29, 0.717) is 16.3 Å². The Hall–Kier alpha value is -2.08. The molecule has 2 fully saturated rings. The average Bonchev–Trinajstić information content (AvgIpc) is 3.23. The van der Waals surface area contributed by atoms with Crippen LogP contribution in [-0.2, 0) is 9.59 Å². The van der Waals surface area contributed by atoms with Gasteiger partial charge in [-0.25, -0.2) is 0 Å². The second kappa shape index (κ2) is 9.92. The Labute approximate surface area is 170 Å². The van der Waals surface area contributed by atoms with Gasteiger partial charge in [-0.1, -0.05) is 43.7 Å². The van der Waals surface area contributed by atoms with Crippen molar-refractivity contribution in [1.82, 2.24) is 10.6 Å². The number of carbonyl (C=O) groups is 3. The first-order valence-corrected chi connectivity index (χ1v) is 10.6. The number of nitrogens with one attached hydrogen (secondary N) is 3. The molecule has 0 unspecified atom stereocenters. The van der Waals surface area contributed by atoms with Gasteiger partial charge >= 0.3 is 0 Å². The summed E-state index contributed by atoms with van der Waals surface area (Å²) in [5, 5.41) is 8.80. The Morgan fingerprint density at radius 2 is 1.64 bits per heavy atom. The maximum absolute atomic E-state index is 12.6. The summed E-state index contributed by atoms with van der Waals surface area (Å²) < 4.78 is 0. The standard InChI is InChI=1S/C21H28ClN3O3/c22-18-11-10-16(12-17(18)21(28)25-15-8-2-1-3-9-15)24-19(26)13-23-20(27)14-6-4-5-7-14/h10-12,14-15H,1-9,13H2,(H,23,27)(H,24,26)(H,25,28). The molecule has 3 amide bonds. The van der Waals surface area contributed by atoms with Crippen LogP contribution in [0.15, 0.2) is 18.2 Å². The minimum atomic E-state index is -0.327. The Morgan fingerprint density at radius 1 is 0.964 bits per heavy atom. The third kappa shape index (κ3) is 5.71. The highest BCUT2D eigenvalue weighted by atomic mass is 35.5. The molecule has 28 heavy (non-hydrogen) atoms. The number of carbonyl (C=O) groups excluding carboxylic acids is 3. The van der Waals surface area contributed by atoms with Crippen molar-refractivity contribution in [2.75, 3.05) is 11.9 Å². The highest BCUT2D eigenvalue weighted by Crippen LogP contribution is 2.25. The fourth-order valence-corrected chi connectivity index (χ4v) is 4.20. The quantitative estimate of drug-likeness (QED) is 0.675. The van der Waals surface area contributed by atoms with Crippen LogP contribution in [0.25, 0.3) is 0 Å². The van der Waals surface area contributed by atoms with Gasteiger partial charge in [-0.15, -0.1) is 0 Å². The van der Waals surface area contributed by atoms with Crippen molar-refractivity contribution in [3.8, 4) is 0 Å². The van der Waals surface area contributed by atoms with Crippen LogP contribution in [0.5, 0.6) is 0 Å². The summed E-state index contributed by atoms with van der Waals surface area (Å²) in [6.07, 6.45) is 9.37. The maximum Gasteiger partial charge on any atom is 0.253 e. The molecular formula is C21H28ClN3O3. The molecule has 0 spiro atoms. The highest BCUT2D eigenvalue weighted by molar-refractivity contribution is 6.34. The predicted molar refractivity (Wildman–Crippen MR) is 109 cm³/mol. The normalized spacial score (nSPS) is 17.9. The van der Waals surface area contributed by atoms with Gasteiger partial charge in [0.15, 0.2) is 0 Å². The van der Waals surface area contributed by atoms with E-state index in [2.05, 4.69) is 16.0 Å². The van der Waals surface area contributed by atoms with Crippen LogP contribution in [0, 0.1) is 5.92 Å². The second-order valence-corrected chi connectivity index (χ2v) is 8.16. The first-order chi connectivity index (χ1) is 13.5. The molecule has 0 radical (unpaired) electrons. The zero-order chi connectivity index (χ0) is 19.9. The number of anilines is 1. The summed E-state index contributed by atoms with van der Waals surface area (Å²) in [6.45, 7) is -0.0818. The molecule has 2 saturated carbocycles. The molecule has 0 saturated heterocycles. The molecule has 3 rings (SSSR count). The molecule has 0 aromatic heterocycles. The predicted octanol–water partition coefficient (Wildman–Crippen LogP) is 3.65. The van der Waals surface area contributed by atoms with Crippen LogP contribution in [-0.4, -0.2) is 30.3 Å². The van der Waals surface area contributed by atoms with E-state index in [4.69, 9.17) is 11.6 Å². The fraction of sp³-hybridized carbons (Fsp3) is 0.571. The van der Waals surface area contributed by atoms with Gasteiger partial charge in [0.2, 0.25) is 11.8 Å². The number of hydrogen-bond acceptors (Lipinski definition) is 3. The third-order valence-corrected chi connectivity index (χ3v) is 5.91. The molecule has 0 atom stereocenters. The minimum absolute atomic E-state index is 0.0263. The lowest BCUT2D eigenvalue weighted by atomic mass is 9.95. The third-order valence-electron chi connectivity index (χ3n) is 5.58. The number of halogens is 1. The summed E-state index contributed by atoms with van der Waals surface area (Å²) in [5.74, 6) is -0.579. The van der Waals surface area contributed by atoms with Gasteiger partial charge in [-0.2, -0.15) is 0 Å². The Morgan fingerprint density at radius 3 is 2.36 bits per heavy atom. The Kier molecular flexibility index (Phi) is 7.31. The number of benzene rings is 1. The van der Waals surface area contributed by atoms with Crippen LogP contribution in [0.2, 0.25) is 5.02 Å². The second-order valence-electron chi connectivity index (χ2n) is 7.75. The number of rotatable bonds is 6. The van der Waals surface area contributed by atoms with Crippen LogP contribution < -0.4 is 16.0 Å². The van der Waals surface area contributed by atoms with Gasteiger partial charge in [0.25, 0.3) is 5.91 Å². The SMILES string of the molecule is O=C(CNC(=O)C1CCCC1)Nc1ccc(Cl)c(C(=O)NC2CCCCC2)c1. The molecule has 0 bridgehead atoms. The molecule has 0 heterocycles. The van der Waals surface area contributed by atoms with E-state index in [1.54, 1.807) is 18.2 Å². The fourth-order valence-electron chi connectivity index (χ4n) is 3.99. The summed E-state index contributed by atoms with van der Waals surface area (Å²) in [5.41, 5.74) is 0.832. The maximum atomic E-state index is 12.6. The number of amides is 3. The van der Waals surface area contributed by atoms with Crippen molar-refractivity contribution in [3.63, 3.8) is 0 Å². The van der Waals surface area contributed by atoms with Gasteiger partial charge in [-0.05, 0) is 43.9 Å². The lowest BCUT2D eigenvalue weighted by molar-refractivity contribution is -0.127. The largest absolute Gasteiger partial charge is 0.349 e. The summed E-state index contributed by atoms with van der Waals surface area (Å²) in [6, 6.07) is 5.01. The molecule has 2 aliphatic carbocycles. The van der Waals surface area contributed by atoms with Crippen LogP contribution in [0.1, 0.15) is 68.1 Å². The van der Waals surface area contributed by atoms with Crippen molar-refractivity contribution in [2.24, 2.45) is 5.92 Å². The van der Waals surface area contributed by atoms with Gasteiger partial charge in [0.05, 0.1) is 17.1 Å². The van der Waals surface area contributed by atoms with Crippen LogP contribution in [0.4, 0.5) is 5.69 Å². The molecule has 3 N–H and O–H groups in total. The van der Waals surface area contributed by atoms with Gasteiger partial charge in [0, 0.05) is 17.6 Å². The molecule has 0 aliphatic heterocycles. The summed E-state index contributed by atoms with van der Waals surface area (Å²) >= 11 is 6.19. The first kappa shape index (κ1) is 20.6. The highest BCUT2D eigenvalue weighted by Gasteiger charge is 2.23. The molecular weight excluding hydrogens is 378 g/mol. The molecule has 2 aliphatic rings. The van der Waals surface area contributed by atoms with Crippen molar-refractivity contribution >= 4 is 35.0 Å². The van der Waals surface area contributed by atoms with Gasteiger partial charge in [0.1, 0.15) is 0 Å². The first-order valence-electron chi connectivity index (χ1n) is 10.2. The van der Waals surface area contributed by atoms with Gasteiger partial charge < -0.3 is 16.0 Å². The van der Waals surface area contributed by atoms with E-state index < -0.39 is 0 Å². The number of hydrogen-bond donors (Lipinski definition) is 3. The van der Waals surface area contributed by atoms with Gasteiger partial charge in [-0.3, -0.25) is 14.4 Å². The van der Waals surface area contributed by atoms with E-state index in [-0.39, 0.29) is 36.2 Å². The Balaban J connectivity index is 1.53. The minimum Gasteiger partial charge on any atom is -0.349 e. The summed E-state index contributed by atoms with van der Waals surface area (Å²) in [4.78, 5) is 36.7. The average molecular weight is 406 g/mol. The van der Waals surface area contributed by atoms with E-state index in [9.17, 15) is 14.4 Å². The molecule has 1 aromatic rings. The van der Waals surface area contributed by atoms with Crippen molar-refractivity contribution < 1.29 is 14.4 Å². The smallest absolute Gasteiger partial charge is 0.253 e. The van der Waals surface area contributed by atoms with Crippen LogP contribution >= 0.6 is 11.6 Å². The van der Waals surface area contributed by atoms with Crippen LogP contribution in [0.3, 0.4) is 0 Å². The Bertz CT molecular complexity index is 726. The lowest BCUT2D eigenvalue weighted by Crippen LogP contribution is -2.36. The monoisotopic (exact) mass is 405 g/mol. The van der Waals surface area contributed by atoms with Crippen molar-refractivity contribution in [2.45, 2.75) is 63.8 Å². The molecule has 1 aromatic carbocycles. The zero-order valence-corrected chi connectivity index (χ0v) is 16.8. The molecule has 6 nitrogen and oxygen atoms in total. The zero-order valence-electron chi connectivity index (χ0n) is 16.1. The van der Waals surface area contributed by atoms with E-state index in [1.807, 2.05) is 0 Å². The van der Waals surface area contributed by atoms with Crippen molar-refractivity contribution in [3.05, 3.63) is 28.8 Å². The van der Waals surface area contributed by atoms with Crippen molar-refractivity contribution in [1.29, 1.82) is 0 Å². The lowest BCUT2D eigenvalue weighted by Gasteiger charge is -2.23. The molecule has 7 heteroatoms. The van der Waals surface area contributed by atoms with E-state index in [1.165, 1.54) is 6.42 Å². The summed E-state index contributed by atoms with van der Waals surface area (Å²) in [7, 11) is 0. The molecule has 152 valence electrons. The topological polar surface area (TPSA) is 87.3 Å². The van der Waals surface area contributed by atoms with E-state index in [0.717, 1.165) is 51.4 Å².